The Balaban J connectivity index is 0.00000288. The average molecular weight is 362 g/mol. The Kier molecular flexibility index (Phi) is 9.61. The van der Waals surface area contributed by atoms with E-state index < -0.39 is 6.04 Å². The lowest BCUT2D eigenvalue weighted by atomic mass is 9.86. The first kappa shape index (κ1) is 21.7. The summed E-state index contributed by atoms with van der Waals surface area (Å²) in [4.78, 5) is 12.1. The van der Waals surface area contributed by atoms with Crippen molar-refractivity contribution in [1.82, 2.24) is 0 Å². The molecular formula is C19H36ClNO3. The first-order chi connectivity index (χ1) is 11.0. The molecule has 24 heavy (non-hydrogen) atoms. The van der Waals surface area contributed by atoms with Crippen molar-refractivity contribution < 1.29 is 14.3 Å². The summed E-state index contributed by atoms with van der Waals surface area (Å²) in [6.07, 6.45) is 10.1. The number of cyclic esters (lactones) is 1. The van der Waals surface area contributed by atoms with Crippen molar-refractivity contribution in [2.75, 3.05) is 0 Å². The highest BCUT2D eigenvalue weighted by atomic mass is 35.5. The molecule has 2 fully saturated rings. The molecule has 0 unspecified atom stereocenters. The third-order valence-corrected chi connectivity index (χ3v) is 5.39. The fourth-order valence-electron chi connectivity index (χ4n) is 3.93. The van der Waals surface area contributed by atoms with E-state index in [4.69, 9.17) is 15.2 Å². The first-order valence-electron chi connectivity index (χ1n) is 9.59. The van der Waals surface area contributed by atoms with Gasteiger partial charge >= 0.3 is 5.97 Å². The molecule has 2 N–H and O–H groups in total. The van der Waals surface area contributed by atoms with E-state index in [0.29, 0.717) is 17.9 Å². The third kappa shape index (κ3) is 6.53. The molecule has 2 rings (SSSR count). The second kappa shape index (κ2) is 10.6. The van der Waals surface area contributed by atoms with E-state index in [1.807, 2.05) is 6.92 Å². The highest BCUT2D eigenvalue weighted by Gasteiger charge is 2.35. The molecule has 4 atom stereocenters. The predicted octanol–water partition coefficient (Wildman–Crippen LogP) is 4.23. The first-order valence-corrected chi connectivity index (χ1v) is 9.59. The molecule has 4 nitrogen and oxygen atoms in total. The van der Waals surface area contributed by atoms with E-state index >= 15 is 0 Å². The summed E-state index contributed by atoms with van der Waals surface area (Å²) in [6.45, 7) is 6.51. The molecular weight excluding hydrogens is 326 g/mol. The number of hydrogen-bond donors (Lipinski definition) is 1. The lowest BCUT2D eigenvalue weighted by Crippen LogP contribution is -2.41. The number of rotatable bonds is 5. The maximum absolute atomic E-state index is 12.1. The second-order valence-corrected chi connectivity index (χ2v) is 7.92. The van der Waals surface area contributed by atoms with E-state index in [2.05, 4.69) is 13.8 Å². The summed E-state index contributed by atoms with van der Waals surface area (Å²) in [5.41, 5.74) is 5.94. The van der Waals surface area contributed by atoms with Gasteiger partial charge in [0.05, 0.1) is 12.2 Å². The van der Waals surface area contributed by atoms with Gasteiger partial charge in [0.15, 0.2) is 0 Å². The topological polar surface area (TPSA) is 61.6 Å². The van der Waals surface area contributed by atoms with Crippen LogP contribution in [0.5, 0.6) is 0 Å². The van der Waals surface area contributed by atoms with Gasteiger partial charge in [0.25, 0.3) is 0 Å². The smallest absolute Gasteiger partial charge is 0.323 e. The molecule has 1 aliphatic heterocycles. The lowest BCUT2D eigenvalue weighted by Gasteiger charge is -2.33. The van der Waals surface area contributed by atoms with Gasteiger partial charge in [-0.15, -0.1) is 12.4 Å². The van der Waals surface area contributed by atoms with Gasteiger partial charge in [0.1, 0.15) is 12.1 Å². The molecule has 1 saturated carbocycles. The van der Waals surface area contributed by atoms with Crippen LogP contribution in [0.15, 0.2) is 0 Å². The molecule has 0 aromatic rings. The number of nitrogens with two attached hydrogens (primary N) is 1. The molecule has 0 aromatic carbocycles. The Labute approximate surface area is 153 Å². The summed E-state index contributed by atoms with van der Waals surface area (Å²) in [5.74, 6) is 0.892. The minimum Gasteiger partial charge on any atom is -0.459 e. The maximum atomic E-state index is 12.1. The minimum atomic E-state index is -0.478. The highest BCUT2D eigenvalue weighted by Crippen LogP contribution is 2.32. The van der Waals surface area contributed by atoms with Crippen molar-refractivity contribution in [2.24, 2.45) is 17.6 Å². The summed E-state index contributed by atoms with van der Waals surface area (Å²) in [7, 11) is 0. The van der Waals surface area contributed by atoms with Gasteiger partial charge in [-0.3, -0.25) is 4.79 Å². The highest BCUT2D eigenvalue weighted by molar-refractivity contribution is 5.85. The molecule has 142 valence electrons. The Hall–Kier alpha value is -0.320. The molecule has 1 saturated heterocycles. The summed E-state index contributed by atoms with van der Waals surface area (Å²) in [5, 5.41) is 0. The van der Waals surface area contributed by atoms with Gasteiger partial charge in [-0.05, 0) is 50.9 Å². The normalized spacial score (nSPS) is 32.6. The number of halogens is 1. The Morgan fingerprint density at radius 2 is 1.83 bits per heavy atom. The van der Waals surface area contributed by atoms with Crippen LogP contribution in [0.4, 0.5) is 0 Å². The van der Waals surface area contributed by atoms with E-state index in [0.717, 1.165) is 38.5 Å². The van der Waals surface area contributed by atoms with Crippen molar-refractivity contribution in [3.63, 3.8) is 0 Å². The average Bonchev–Trinajstić information content (AvgIpc) is 3.01. The van der Waals surface area contributed by atoms with E-state index in [1.54, 1.807) is 0 Å². The van der Waals surface area contributed by atoms with Crippen molar-refractivity contribution in [1.29, 1.82) is 0 Å². The molecule has 1 aliphatic carbocycles. The zero-order chi connectivity index (χ0) is 16.8. The van der Waals surface area contributed by atoms with Gasteiger partial charge in [0.2, 0.25) is 0 Å². The lowest BCUT2D eigenvalue weighted by molar-refractivity contribution is -0.164. The molecule has 1 heterocycles. The monoisotopic (exact) mass is 361 g/mol. The standard InChI is InChI=1S/C19H35NO3.ClH/c1-13(2)11-12-15-7-6-10-17(20)19(21)22-14(3)18(15)23-16-8-4-5-9-16;/h13-18H,4-12,20H2,1-3H3;1H/t14-,15+,17-,18-;/m0./s1. The maximum Gasteiger partial charge on any atom is 0.323 e. The summed E-state index contributed by atoms with van der Waals surface area (Å²) < 4.78 is 12.1. The van der Waals surface area contributed by atoms with E-state index in [9.17, 15) is 4.79 Å². The van der Waals surface area contributed by atoms with Gasteiger partial charge < -0.3 is 15.2 Å². The van der Waals surface area contributed by atoms with Gasteiger partial charge in [-0.25, -0.2) is 0 Å². The number of carbonyl (C=O) groups excluding carboxylic acids is 1. The second-order valence-electron chi connectivity index (χ2n) is 7.92. The SMILES string of the molecule is CC(C)CC[C@H]1CCC[C@H](N)C(=O)O[C@@H](C)[C@@H]1OC1CCCC1.Cl. The molecule has 0 bridgehead atoms. The molecule has 5 heteroatoms. The molecule has 0 amide bonds. The minimum absolute atomic E-state index is 0. The zero-order valence-corrected chi connectivity index (χ0v) is 16.4. The van der Waals surface area contributed by atoms with Crippen molar-refractivity contribution in [2.45, 2.75) is 103 Å². The van der Waals surface area contributed by atoms with Crippen LogP contribution in [0.3, 0.4) is 0 Å². The Bertz CT molecular complexity index is 372. The Morgan fingerprint density at radius 1 is 1.17 bits per heavy atom. The van der Waals surface area contributed by atoms with Crippen LogP contribution in [0.25, 0.3) is 0 Å². The van der Waals surface area contributed by atoms with Crippen LogP contribution < -0.4 is 5.73 Å². The summed E-state index contributed by atoms with van der Waals surface area (Å²) in [6, 6.07) is -0.478. The van der Waals surface area contributed by atoms with Crippen LogP contribution in [0.1, 0.15) is 78.6 Å². The third-order valence-electron chi connectivity index (χ3n) is 5.39. The van der Waals surface area contributed by atoms with Gasteiger partial charge in [-0.1, -0.05) is 39.5 Å². The van der Waals surface area contributed by atoms with Gasteiger partial charge in [-0.2, -0.15) is 0 Å². The predicted molar refractivity (Wildman–Crippen MR) is 99.3 cm³/mol. The molecule has 0 aromatic heterocycles. The van der Waals surface area contributed by atoms with Crippen LogP contribution in [-0.2, 0) is 14.3 Å². The number of hydrogen-bond acceptors (Lipinski definition) is 4. The number of carbonyl (C=O) groups is 1. The molecule has 0 radical (unpaired) electrons. The largest absolute Gasteiger partial charge is 0.459 e. The van der Waals surface area contributed by atoms with Gasteiger partial charge in [0, 0.05) is 0 Å². The quantitative estimate of drug-likeness (QED) is 0.744. The number of esters is 1. The zero-order valence-electron chi connectivity index (χ0n) is 15.5. The van der Waals surface area contributed by atoms with Crippen LogP contribution in [-0.4, -0.2) is 30.3 Å². The Morgan fingerprint density at radius 3 is 2.46 bits per heavy atom. The summed E-state index contributed by atoms with van der Waals surface area (Å²) >= 11 is 0. The van der Waals surface area contributed by atoms with Crippen molar-refractivity contribution in [3.05, 3.63) is 0 Å². The fraction of sp³-hybridized carbons (Fsp3) is 0.947. The van der Waals surface area contributed by atoms with Crippen LogP contribution in [0.2, 0.25) is 0 Å². The van der Waals surface area contributed by atoms with Crippen molar-refractivity contribution >= 4 is 18.4 Å². The van der Waals surface area contributed by atoms with Crippen LogP contribution in [0, 0.1) is 11.8 Å². The molecule has 0 spiro atoms. The van der Waals surface area contributed by atoms with E-state index in [1.165, 1.54) is 19.3 Å². The number of ether oxygens (including phenoxy) is 2. The van der Waals surface area contributed by atoms with Crippen LogP contribution >= 0.6 is 12.4 Å². The molecule has 2 aliphatic rings. The fourth-order valence-corrected chi connectivity index (χ4v) is 3.93. The van der Waals surface area contributed by atoms with E-state index in [-0.39, 0.29) is 30.6 Å². The van der Waals surface area contributed by atoms with Crippen molar-refractivity contribution in [3.8, 4) is 0 Å².